The Morgan fingerprint density at radius 3 is 2.77 bits per heavy atom. The van der Waals surface area contributed by atoms with Gasteiger partial charge in [-0.1, -0.05) is 6.07 Å². The van der Waals surface area contributed by atoms with Crippen LogP contribution in [-0.2, 0) is 4.79 Å². The molecule has 0 radical (unpaired) electrons. The molecule has 1 aliphatic rings. The van der Waals surface area contributed by atoms with Crippen LogP contribution in [0.5, 0.6) is 11.5 Å². The molecule has 1 N–H and O–H groups in total. The number of carbonyl (C=O) groups excluding carboxylic acids is 1. The van der Waals surface area contributed by atoms with E-state index < -0.39 is 0 Å². The summed E-state index contributed by atoms with van der Waals surface area (Å²) in [6.45, 7) is 1.08. The fourth-order valence-corrected chi connectivity index (χ4v) is 2.75. The number of thioether (sulfide) groups is 1. The van der Waals surface area contributed by atoms with Crippen molar-refractivity contribution >= 4 is 23.4 Å². The van der Waals surface area contributed by atoms with E-state index >= 15 is 0 Å². The quantitative estimate of drug-likeness (QED) is 0.878. The molecule has 1 heterocycles. The summed E-state index contributed by atoms with van der Waals surface area (Å²) in [5.41, 5.74) is 0.452. The van der Waals surface area contributed by atoms with Gasteiger partial charge in [-0.2, -0.15) is 0 Å². The Morgan fingerprint density at radius 1 is 1.14 bits per heavy atom. The minimum Gasteiger partial charge on any atom is -0.486 e. The zero-order chi connectivity index (χ0) is 15.4. The van der Waals surface area contributed by atoms with Crippen molar-refractivity contribution in [2.24, 2.45) is 0 Å². The maximum atomic E-state index is 13.0. The van der Waals surface area contributed by atoms with E-state index in [4.69, 9.17) is 9.47 Å². The van der Waals surface area contributed by atoms with Crippen LogP contribution in [0.15, 0.2) is 47.4 Å². The summed E-state index contributed by atoms with van der Waals surface area (Å²) in [7, 11) is 0. The van der Waals surface area contributed by atoms with Crippen molar-refractivity contribution in [3.8, 4) is 11.5 Å². The standard InChI is InChI=1S/C16H14FNO3S/c17-11-2-1-3-12(8-11)18-16(19)10-22-13-4-5-14-15(9-13)21-7-6-20-14/h1-5,8-9H,6-7,10H2,(H,18,19). The van der Waals surface area contributed by atoms with Gasteiger partial charge in [0, 0.05) is 10.6 Å². The molecule has 22 heavy (non-hydrogen) atoms. The average Bonchev–Trinajstić information content (AvgIpc) is 2.53. The number of benzene rings is 2. The van der Waals surface area contributed by atoms with E-state index in [0.717, 1.165) is 10.6 Å². The van der Waals surface area contributed by atoms with Crippen molar-refractivity contribution < 1.29 is 18.7 Å². The molecule has 0 aromatic heterocycles. The Kier molecular flexibility index (Phi) is 4.48. The average molecular weight is 319 g/mol. The number of hydrogen-bond acceptors (Lipinski definition) is 4. The topological polar surface area (TPSA) is 47.6 Å². The molecule has 2 aromatic carbocycles. The monoisotopic (exact) mass is 319 g/mol. The van der Waals surface area contributed by atoms with Gasteiger partial charge >= 0.3 is 0 Å². The number of nitrogens with one attached hydrogen (secondary N) is 1. The van der Waals surface area contributed by atoms with Gasteiger partial charge < -0.3 is 14.8 Å². The molecule has 2 aromatic rings. The highest BCUT2D eigenvalue weighted by Gasteiger charge is 2.12. The molecule has 0 aliphatic carbocycles. The molecule has 6 heteroatoms. The SMILES string of the molecule is O=C(CSc1ccc2c(c1)OCCO2)Nc1cccc(F)c1. The van der Waals surface area contributed by atoms with Crippen molar-refractivity contribution in [2.75, 3.05) is 24.3 Å². The lowest BCUT2D eigenvalue weighted by molar-refractivity contribution is -0.113. The van der Waals surface area contributed by atoms with Crippen molar-refractivity contribution in [1.82, 2.24) is 0 Å². The van der Waals surface area contributed by atoms with Crippen LogP contribution in [0.4, 0.5) is 10.1 Å². The zero-order valence-electron chi connectivity index (χ0n) is 11.7. The van der Waals surface area contributed by atoms with Crippen LogP contribution in [-0.4, -0.2) is 24.9 Å². The first-order valence-electron chi connectivity index (χ1n) is 6.78. The second-order valence-corrected chi connectivity index (χ2v) is 5.70. The maximum Gasteiger partial charge on any atom is 0.234 e. The fourth-order valence-electron chi connectivity index (χ4n) is 2.03. The third-order valence-corrected chi connectivity index (χ3v) is 3.99. The van der Waals surface area contributed by atoms with Gasteiger partial charge in [-0.3, -0.25) is 4.79 Å². The smallest absolute Gasteiger partial charge is 0.234 e. The molecule has 1 aliphatic heterocycles. The Morgan fingerprint density at radius 2 is 1.95 bits per heavy atom. The molecule has 4 nitrogen and oxygen atoms in total. The van der Waals surface area contributed by atoms with E-state index in [0.29, 0.717) is 24.7 Å². The van der Waals surface area contributed by atoms with Gasteiger partial charge in [0.1, 0.15) is 19.0 Å². The number of anilines is 1. The van der Waals surface area contributed by atoms with Gasteiger partial charge in [0.2, 0.25) is 5.91 Å². The Balaban J connectivity index is 1.57. The van der Waals surface area contributed by atoms with Crippen molar-refractivity contribution in [2.45, 2.75) is 4.90 Å². The highest BCUT2D eigenvalue weighted by atomic mass is 32.2. The zero-order valence-corrected chi connectivity index (χ0v) is 12.5. The summed E-state index contributed by atoms with van der Waals surface area (Å²) in [6, 6.07) is 11.4. The van der Waals surface area contributed by atoms with Crippen molar-refractivity contribution in [1.29, 1.82) is 0 Å². The van der Waals surface area contributed by atoms with E-state index in [1.54, 1.807) is 12.1 Å². The van der Waals surface area contributed by atoms with Crippen LogP contribution < -0.4 is 14.8 Å². The second-order valence-electron chi connectivity index (χ2n) is 4.65. The highest BCUT2D eigenvalue weighted by Crippen LogP contribution is 2.34. The lowest BCUT2D eigenvalue weighted by Crippen LogP contribution is -2.15. The van der Waals surface area contributed by atoms with Gasteiger partial charge in [-0.05, 0) is 36.4 Å². The second kappa shape index (κ2) is 6.70. The third-order valence-electron chi connectivity index (χ3n) is 2.99. The molecule has 0 saturated carbocycles. The lowest BCUT2D eigenvalue weighted by atomic mass is 10.3. The molecule has 0 spiro atoms. The predicted molar refractivity (Wildman–Crippen MR) is 83.2 cm³/mol. The number of carbonyl (C=O) groups is 1. The van der Waals surface area contributed by atoms with E-state index in [9.17, 15) is 9.18 Å². The first-order chi connectivity index (χ1) is 10.7. The predicted octanol–water partition coefficient (Wildman–Crippen LogP) is 3.33. The number of hydrogen-bond donors (Lipinski definition) is 1. The largest absolute Gasteiger partial charge is 0.486 e. The molecule has 0 saturated heterocycles. The first kappa shape index (κ1) is 14.7. The molecule has 114 valence electrons. The number of halogens is 1. The summed E-state index contributed by atoms with van der Waals surface area (Å²) >= 11 is 1.38. The van der Waals surface area contributed by atoms with Gasteiger partial charge in [0.25, 0.3) is 0 Å². The Hall–Kier alpha value is -2.21. The number of fused-ring (bicyclic) bond motifs is 1. The summed E-state index contributed by atoms with van der Waals surface area (Å²) in [5, 5.41) is 2.66. The first-order valence-corrected chi connectivity index (χ1v) is 7.77. The van der Waals surface area contributed by atoms with Crippen LogP contribution in [0, 0.1) is 5.82 Å². The molecule has 3 rings (SSSR count). The van der Waals surface area contributed by atoms with Crippen molar-refractivity contribution in [3.63, 3.8) is 0 Å². The van der Waals surface area contributed by atoms with Gasteiger partial charge in [-0.15, -0.1) is 11.8 Å². The minimum absolute atomic E-state index is 0.189. The normalized spacial score (nSPS) is 12.8. The van der Waals surface area contributed by atoms with E-state index in [2.05, 4.69) is 5.32 Å². The molecule has 0 bridgehead atoms. The Labute approximate surface area is 131 Å². The fraction of sp³-hybridized carbons (Fsp3) is 0.188. The molecule has 0 atom stereocenters. The highest BCUT2D eigenvalue weighted by molar-refractivity contribution is 8.00. The summed E-state index contributed by atoms with van der Waals surface area (Å²) in [6.07, 6.45) is 0. The van der Waals surface area contributed by atoms with E-state index in [1.807, 2.05) is 18.2 Å². The van der Waals surface area contributed by atoms with Crippen LogP contribution >= 0.6 is 11.8 Å². The molecule has 0 fully saturated rings. The van der Waals surface area contributed by atoms with E-state index in [-0.39, 0.29) is 17.5 Å². The number of ether oxygens (including phenoxy) is 2. The van der Waals surface area contributed by atoms with Crippen LogP contribution in [0.1, 0.15) is 0 Å². The summed E-state index contributed by atoms with van der Waals surface area (Å²) < 4.78 is 24.0. The number of rotatable bonds is 4. The summed E-state index contributed by atoms with van der Waals surface area (Å²) in [5.74, 6) is 1.08. The van der Waals surface area contributed by atoms with Gasteiger partial charge in [0.15, 0.2) is 11.5 Å². The number of amides is 1. The third kappa shape index (κ3) is 3.71. The Bertz CT molecular complexity index is 693. The van der Waals surface area contributed by atoms with Crippen molar-refractivity contribution in [3.05, 3.63) is 48.3 Å². The van der Waals surface area contributed by atoms with Crippen LogP contribution in [0.25, 0.3) is 0 Å². The van der Waals surface area contributed by atoms with E-state index in [1.165, 1.54) is 23.9 Å². The summed E-state index contributed by atoms with van der Waals surface area (Å²) in [4.78, 5) is 12.8. The van der Waals surface area contributed by atoms with Gasteiger partial charge in [-0.25, -0.2) is 4.39 Å². The molecular weight excluding hydrogens is 305 g/mol. The molecule has 1 amide bonds. The van der Waals surface area contributed by atoms with Crippen LogP contribution in [0.2, 0.25) is 0 Å². The van der Waals surface area contributed by atoms with Crippen LogP contribution in [0.3, 0.4) is 0 Å². The lowest BCUT2D eigenvalue weighted by Gasteiger charge is -2.18. The molecular formula is C16H14FNO3S. The minimum atomic E-state index is -0.378. The van der Waals surface area contributed by atoms with Gasteiger partial charge in [0.05, 0.1) is 5.75 Å². The maximum absolute atomic E-state index is 13.0. The molecule has 0 unspecified atom stereocenters.